The molecule has 0 N–H and O–H groups in total. The number of hydrogen-bond acceptors (Lipinski definition) is 2. The van der Waals surface area contributed by atoms with Crippen LogP contribution in [0.15, 0.2) is 21.2 Å². The predicted octanol–water partition coefficient (Wildman–Crippen LogP) is 1.98. The number of ether oxygens (including phenoxy) is 1. The van der Waals surface area contributed by atoms with Crippen molar-refractivity contribution in [3.8, 4) is 0 Å². The van der Waals surface area contributed by atoms with Gasteiger partial charge in [-0.2, -0.15) is 0 Å². The number of hydrogen-bond donors (Lipinski definition) is 0. The summed E-state index contributed by atoms with van der Waals surface area (Å²) in [5.74, 6) is 0.988. The lowest BCUT2D eigenvalue weighted by Gasteiger charge is -1.90. The highest BCUT2D eigenvalue weighted by Crippen LogP contribution is 2.23. The Morgan fingerprint density at radius 3 is 3.00 bits per heavy atom. The molecule has 1 atom stereocenters. The normalized spacial score (nSPS) is 23.1. The molecule has 2 rings (SSSR count). The third kappa shape index (κ3) is 1.25. The van der Waals surface area contributed by atoms with Crippen molar-refractivity contribution >= 4 is 15.9 Å². The van der Waals surface area contributed by atoms with Crippen molar-refractivity contribution in [1.29, 1.82) is 0 Å². The first kappa shape index (κ1) is 6.43. The SMILES string of the molecule is Brc1ccoc1CC1CO1. The molecule has 1 aliphatic heterocycles. The van der Waals surface area contributed by atoms with E-state index in [-0.39, 0.29) is 0 Å². The van der Waals surface area contributed by atoms with Crippen molar-refractivity contribution in [1.82, 2.24) is 0 Å². The van der Waals surface area contributed by atoms with Crippen LogP contribution in [0, 0.1) is 0 Å². The Balaban J connectivity index is 2.08. The topological polar surface area (TPSA) is 25.7 Å². The van der Waals surface area contributed by atoms with Crippen molar-refractivity contribution in [3.63, 3.8) is 0 Å². The molecule has 1 aromatic heterocycles. The fraction of sp³-hybridized carbons (Fsp3) is 0.429. The minimum Gasteiger partial charge on any atom is -0.468 e. The maximum Gasteiger partial charge on any atom is 0.120 e. The average Bonchev–Trinajstić information content (AvgIpc) is 2.62. The Morgan fingerprint density at radius 1 is 1.70 bits per heavy atom. The molecule has 0 bridgehead atoms. The molecule has 0 amide bonds. The maximum atomic E-state index is 5.19. The molecule has 1 aliphatic rings. The zero-order valence-corrected chi connectivity index (χ0v) is 6.93. The van der Waals surface area contributed by atoms with Gasteiger partial charge in [0.2, 0.25) is 0 Å². The molecule has 3 heteroatoms. The van der Waals surface area contributed by atoms with E-state index >= 15 is 0 Å². The number of rotatable bonds is 2. The van der Waals surface area contributed by atoms with Crippen LogP contribution < -0.4 is 0 Å². The Bertz CT molecular complexity index is 227. The van der Waals surface area contributed by atoms with Crippen LogP contribution >= 0.6 is 15.9 Å². The third-order valence-electron chi connectivity index (χ3n) is 1.51. The summed E-state index contributed by atoms with van der Waals surface area (Å²) in [5.41, 5.74) is 0. The van der Waals surface area contributed by atoms with Crippen molar-refractivity contribution in [2.45, 2.75) is 12.5 Å². The van der Waals surface area contributed by atoms with Crippen LogP contribution in [0.5, 0.6) is 0 Å². The lowest BCUT2D eigenvalue weighted by molar-refractivity contribution is 0.388. The molecule has 54 valence electrons. The molecule has 10 heavy (non-hydrogen) atoms. The maximum absolute atomic E-state index is 5.19. The summed E-state index contributed by atoms with van der Waals surface area (Å²) < 4.78 is 11.3. The largest absolute Gasteiger partial charge is 0.468 e. The highest BCUT2D eigenvalue weighted by Gasteiger charge is 2.24. The molecule has 1 fully saturated rings. The Hall–Kier alpha value is -0.280. The van der Waals surface area contributed by atoms with E-state index in [9.17, 15) is 0 Å². The quantitative estimate of drug-likeness (QED) is 0.686. The molecule has 1 unspecified atom stereocenters. The molecule has 0 spiro atoms. The van der Waals surface area contributed by atoms with Gasteiger partial charge in [0.25, 0.3) is 0 Å². The van der Waals surface area contributed by atoms with Crippen molar-refractivity contribution in [2.24, 2.45) is 0 Å². The second-order valence-electron chi connectivity index (χ2n) is 2.35. The lowest BCUT2D eigenvalue weighted by Crippen LogP contribution is -1.90. The number of halogens is 1. The van der Waals surface area contributed by atoms with Gasteiger partial charge in [-0.1, -0.05) is 0 Å². The lowest BCUT2D eigenvalue weighted by atomic mass is 10.3. The summed E-state index contributed by atoms with van der Waals surface area (Å²) in [6.45, 7) is 0.882. The summed E-state index contributed by atoms with van der Waals surface area (Å²) in [6, 6.07) is 1.90. The van der Waals surface area contributed by atoms with Gasteiger partial charge in [-0.05, 0) is 22.0 Å². The van der Waals surface area contributed by atoms with E-state index in [1.807, 2.05) is 6.07 Å². The highest BCUT2D eigenvalue weighted by atomic mass is 79.9. The van der Waals surface area contributed by atoms with Gasteiger partial charge < -0.3 is 9.15 Å². The molecule has 1 aromatic rings. The zero-order chi connectivity index (χ0) is 6.97. The van der Waals surface area contributed by atoms with Crippen molar-refractivity contribution in [2.75, 3.05) is 6.61 Å². The number of furan rings is 1. The van der Waals surface area contributed by atoms with Crippen LogP contribution in [0.4, 0.5) is 0 Å². The predicted molar refractivity (Wildman–Crippen MR) is 39.9 cm³/mol. The van der Waals surface area contributed by atoms with Crippen LogP contribution in [0.25, 0.3) is 0 Å². The second kappa shape index (κ2) is 2.40. The molecule has 0 radical (unpaired) electrons. The van der Waals surface area contributed by atoms with Crippen LogP contribution in [0.1, 0.15) is 5.76 Å². The first-order chi connectivity index (χ1) is 4.86. The Kier molecular flexibility index (Phi) is 1.54. The first-order valence-corrected chi connectivity index (χ1v) is 3.99. The minimum atomic E-state index is 0.405. The van der Waals surface area contributed by atoms with E-state index in [0.29, 0.717) is 6.10 Å². The van der Waals surface area contributed by atoms with E-state index in [2.05, 4.69) is 15.9 Å². The standard InChI is InChI=1S/C7H7BrO2/c8-6-1-2-9-7(6)3-5-4-10-5/h1-2,5H,3-4H2. The summed E-state index contributed by atoms with van der Waals surface area (Å²) in [7, 11) is 0. The van der Waals surface area contributed by atoms with Gasteiger partial charge in [0.1, 0.15) is 5.76 Å². The number of epoxide rings is 1. The van der Waals surface area contributed by atoms with E-state index in [1.165, 1.54) is 0 Å². The average molecular weight is 203 g/mol. The molecular weight excluding hydrogens is 196 g/mol. The smallest absolute Gasteiger partial charge is 0.120 e. The second-order valence-corrected chi connectivity index (χ2v) is 3.21. The summed E-state index contributed by atoms with van der Waals surface area (Å²) >= 11 is 3.37. The monoisotopic (exact) mass is 202 g/mol. The third-order valence-corrected chi connectivity index (χ3v) is 2.21. The van der Waals surface area contributed by atoms with Crippen LogP contribution in [0.3, 0.4) is 0 Å². The minimum absolute atomic E-state index is 0.405. The summed E-state index contributed by atoms with van der Waals surface area (Å²) in [5, 5.41) is 0. The van der Waals surface area contributed by atoms with Gasteiger partial charge in [-0.3, -0.25) is 0 Å². The van der Waals surface area contributed by atoms with Gasteiger partial charge in [0.15, 0.2) is 0 Å². The van der Waals surface area contributed by atoms with Gasteiger partial charge in [0, 0.05) is 6.42 Å². The van der Waals surface area contributed by atoms with E-state index < -0.39 is 0 Å². The van der Waals surface area contributed by atoms with Crippen LogP contribution in [0.2, 0.25) is 0 Å². The van der Waals surface area contributed by atoms with Crippen molar-refractivity contribution in [3.05, 3.63) is 22.6 Å². The molecule has 0 aromatic carbocycles. The summed E-state index contributed by atoms with van der Waals surface area (Å²) in [4.78, 5) is 0. The summed E-state index contributed by atoms with van der Waals surface area (Å²) in [6.07, 6.45) is 2.98. The first-order valence-electron chi connectivity index (χ1n) is 3.20. The molecule has 0 saturated carbocycles. The van der Waals surface area contributed by atoms with E-state index in [1.54, 1.807) is 6.26 Å². The molecule has 2 heterocycles. The highest BCUT2D eigenvalue weighted by molar-refractivity contribution is 9.10. The Labute approximate surface area is 67.3 Å². The molecular formula is C7H7BrO2. The van der Waals surface area contributed by atoms with E-state index in [4.69, 9.17) is 9.15 Å². The van der Waals surface area contributed by atoms with Gasteiger partial charge >= 0.3 is 0 Å². The molecule has 2 nitrogen and oxygen atoms in total. The van der Waals surface area contributed by atoms with Gasteiger partial charge in [-0.15, -0.1) is 0 Å². The van der Waals surface area contributed by atoms with Gasteiger partial charge in [-0.25, -0.2) is 0 Å². The fourth-order valence-electron chi connectivity index (χ4n) is 0.863. The molecule has 0 aliphatic carbocycles. The van der Waals surface area contributed by atoms with Crippen molar-refractivity contribution < 1.29 is 9.15 Å². The van der Waals surface area contributed by atoms with Crippen LogP contribution in [-0.2, 0) is 11.2 Å². The molecule has 1 saturated heterocycles. The van der Waals surface area contributed by atoms with Crippen LogP contribution in [-0.4, -0.2) is 12.7 Å². The van der Waals surface area contributed by atoms with E-state index in [0.717, 1.165) is 23.3 Å². The fourth-order valence-corrected chi connectivity index (χ4v) is 1.23. The zero-order valence-electron chi connectivity index (χ0n) is 5.34. The Morgan fingerprint density at radius 2 is 2.50 bits per heavy atom. The van der Waals surface area contributed by atoms with Gasteiger partial charge in [0.05, 0.1) is 23.4 Å².